The summed E-state index contributed by atoms with van der Waals surface area (Å²) in [7, 11) is 0. The van der Waals surface area contributed by atoms with E-state index in [1.807, 2.05) is 12.1 Å². The summed E-state index contributed by atoms with van der Waals surface area (Å²) >= 11 is 10.9. The number of rotatable bonds is 3. The van der Waals surface area contributed by atoms with Gasteiger partial charge in [-0.15, -0.1) is 0 Å². The molecule has 0 unspecified atom stereocenters. The molecule has 0 bridgehead atoms. The number of anilines is 1. The zero-order valence-electron chi connectivity index (χ0n) is 7.59. The molecule has 1 aromatic carbocycles. The number of benzene rings is 1. The predicted molar refractivity (Wildman–Crippen MR) is 64.0 cm³/mol. The van der Waals surface area contributed by atoms with Crippen LogP contribution in [0.1, 0.15) is 18.4 Å². The van der Waals surface area contributed by atoms with Gasteiger partial charge in [0.15, 0.2) is 0 Å². The molecule has 0 radical (unpaired) electrons. The van der Waals surface area contributed by atoms with Crippen molar-refractivity contribution in [3.05, 3.63) is 28.8 Å². The standard InChI is InChI=1S/C10H11ClN2S/c11-6-1-4-8(10(12)14)9(5-6)13-7-2-3-7/h1,4-5,7,13H,2-3H2,(H2,12,14). The largest absolute Gasteiger partial charge is 0.389 e. The first-order chi connectivity index (χ1) is 6.66. The van der Waals surface area contributed by atoms with Crippen LogP contribution in [0.4, 0.5) is 5.69 Å². The molecule has 2 rings (SSSR count). The molecule has 0 aliphatic heterocycles. The SMILES string of the molecule is NC(=S)c1ccc(Cl)cc1NC1CC1. The minimum absolute atomic E-state index is 0.407. The van der Waals surface area contributed by atoms with Crippen LogP contribution in [0.5, 0.6) is 0 Å². The topological polar surface area (TPSA) is 38.0 Å². The first-order valence-corrected chi connectivity index (χ1v) is 5.31. The number of nitrogens with one attached hydrogen (secondary N) is 1. The van der Waals surface area contributed by atoms with Crippen LogP contribution in [-0.4, -0.2) is 11.0 Å². The highest BCUT2D eigenvalue weighted by atomic mass is 35.5. The summed E-state index contributed by atoms with van der Waals surface area (Å²) in [6, 6.07) is 6.10. The summed E-state index contributed by atoms with van der Waals surface area (Å²) in [5, 5.41) is 4.06. The molecule has 1 aromatic rings. The van der Waals surface area contributed by atoms with Crippen molar-refractivity contribution < 1.29 is 0 Å². The Labute approximate surface area is 93.4 Å². The molecular weight excluding hydrogens is 216 g/mol. The van der Waals surface area contributed by atoms with Gasteiger partial charge in [-0.1, -0.05) is 23.8 Å². The molecule has 4 heteroatoms. The van der Waals surface area contributed by atoms with Crippen molar-refractivity contribution in [3.63, 3.8) is 0 Å². The van der Waals surface area contributed by atoms with E-state index in [1.54, 1.807) is 6.07 Å². The number of halogens is 1. The maximum atomic E-state index is 5.90. The van der Waals surface area contributed by atoms with Gasteiger partial charge >= 0.3 is 0 Å². The summed E-state index contributed by atoms with van der Waals surface area (Å²) in [5.41, 5.74) is 7.43. The molecule has 0 saturated heterocycles. The fourth-order valence-corrected chi connectivity index (χ4v) is 1.65. The summed E-state index contributed by atoms with van der Waals surface area (Å²) in [6.45, 7) is 0. The van der Waals surface area contributed by atoms with Gasteiger partial charge in [-0.25, -0.2) is 0 Å². The fourth-order valence-electron chi connectivity index (χ4n) is 1.30. The Morgan fingerprint density at radius 2 is 2.21 bits per heavy atom. The molecule has 1 saturated carbocycles. The van der Waals surface area contributed by atoms with Crippen LogP contribution in [0.2, 0.25) is 5.02 Å². The minimum Gasteiger partial charge on any atom is -0.389 e. The molecule has 0 heterocycles. The van der Waals surface area contributed by atoms with Crippen molar-refractivity contribution in [1.29, 1.82) is 0 Å². The van der Waals surface area contributed by atoms with E-state index in [0.29, 0.717) is 16.1 Å². The third-order valence-electron chi connectivity index (χ3n) is 2.18. The first kappa shape index (κ1) is 9.74. The highest BCUT2D eigenvalue weighted by molar-refractivity contribution is 7.80. The normalized spacial score (nSPS) is 15.2. The summed E-state index contributed by atoms with van der Waals surface area (Å²) in [6.07, 6.45) is 2.42. The number of hydrogen-bond acceptors (Lipinski definition) is 2. The lowest BCUT2D eigenvalue weighted by molar-refractivity contribution is 1.15. The van der Waals surface area contributed by atoms with Gasteiger partial charge in [0.2, 0.25) is 0 Å². The van der Waals surface area contributed by atoms with E-state index in [1.165, 1.54) is 12.8 Å². The Bertz CT molecular complexity index is 374. The first-order valence-electron chi connectivity index (χ1n) is 4.52. The van der Waals surface area contributed by atoms with E-state index in [-0.39, 0.29) is 0 Å². The van der Waals surface area contributed by atoms with Crippen LogP contribution in [0.15, 0.2) is 18.2 Å². The molecule has 1 aliphatic carbocycles. The van der Waals surface area contributed by atoms with Crippen LogP contribution in [0, 0.1) is 0 Å². The zero-order chi connectivity index (χ0) is 10.1. The fraction of sp³-hybridized carbons (Fsp3) is 0.300. The molecule has 1 aliphatic rings. The van der Waals surface area contributed by atoms with Gasteiger partial charge in [-0.3, -0.25) is 0 Å². The van der Waals surface area contributed by atoms with Crippen LogP contribution >= 0.6 is 23.8 Å². The van der Waals surface area contributed by atoms with Gasteiger partial charge in [-0.2, -0.15) is 0 Å². The second-order valence-corrected chi connectivity index (χ2v) is 4.35. The third kappa shape index (κ3) is 2.16. The van der Waals surface area contributed by atoms with Crippen LogP contribution in [0.25, 0.3) is 0 Å². The molecule has 1 fully saturated rings. The van der Waals surface area contributed by atoms with E-state index < -0.39 is 0 Å². The molecule has 74 valence electrons. The summed E-state index contributed by atoms with van der Waals surface area (Å²) < 4.78 is 0. The van der Waals surface area contributed by atoms with Crippen LogP contribution in [-0.2, 0) is 0 Å². The Hall–Kier alpha value is -0.800. The molecular formula is C10H11ClN2S. The van der Waals surface area contributed by atoms with E-state index in [4.69, 9.17) is 29.6 Å². The molecule has 2 nitrogen and oxygen atoms in total. The Balaban J connectivity index is 2.31. The quantitative estimate of drug-likeness (QED) is 0.778. The Kier molecular flexibility index (Phi) is 2.61. The number of nitrogens with two attached hydrogens (primary N) is 1. The van der Waals surface area contributed by atoms with Crippen molar-refractivity contribution in [1.82, 2.24) is 0 Å². The van der Waals surface area contributed by atoms with E-state index in [9.17, 15) is 0 Å². The van der Waals surface area contributed by atoms with Crippen molar-refractivity contribution >= 4 is 34.5 Å². The third-order valence-corrected chi connectivity index (χ3v) is 2.64. The van der Waals surface area contributed by atoms with Crippen molar-refractivity contribution in [2.45, 2.75) is 18.9 Å². The lowest BCUT2D eigenvalue weighted by Crippen LogP contribution is -2.13. The maximum absolute atomic E-state index is 5.90. The summed E-state index contributed by atoms with van der Waals surface area (Å²) in [5.74, 6) is 0. The van der Waals surface area contributed by atoms with Gasteiger partial charge < -0.3 is 11.1 Å². The second kappa shape index (κ2) is 3.75. The second-order valence-electron chi connectivity index (χ2n) is 3.47. The van der Waals surface area contributed by atoms with Gasteiger partial charge in [0.25, 0.3) is 0 Å². The highest BCUT2D eigenvalue weighted by Crippen LogP contribution is 2.28. The van der Waals surface area contributed by atoms with Crippen molar-refractivity contribution in [3.8, 4) is 0 Å². The van der Waals surface area contributed by atoms with Gasteiger partial charge in [-0.05, 0) is 31.0 Å². The van der Waals surface area contributed by atoms with Gasteiger partial charge in [0.1, 0.15) is 4.99 Å². The maximum Gasteiger partial charge on any atom is 0.106 e. The molecule has 0 amide bonds. The van der Waals surface area contributed by atoms with Crippen molar-refractivity contribution in [2.75, 3.05) is 5.32 Å². The van der Waals surface area contributed by atoms with Crippen LogP contribution in [0.3, 0.4) is 0 Å². The summed E-state index contributed by atoms with van der Waals surface area (Å²) in [4.78, 5) is 0.407. The molecule has 3 N–H and O–H groups in total. The lowest BCUT2D eigenvalue weighted by Gasteiger charge is -2.10. The molecule has 0 aromatic heterocycles. The smallest absolute Gasteiger partial charge is 0.106 e. The molecule has 14 heavy (non-hydrogen) atoms. The zero-order valence-corrected chi connectivity index (χ0v) is 9.16. The average molecular weight is 227 g/mol. The van der Waals surface area contributed by atoms with Crippen LogP contribution < -0.4 is 11.1 Å². The molecule has 0 atom stereocenters. The average Bonchev–Trinajstić information content (AvgIpc) is 2.87. The van der Waals surface area contributed by atoms with E-state index >= 15 is 0 Å². The van der Waals surface area contributed by atoms with Gasteiger partial charge in [0.05, 0.1) is 0 Å². The van der Waals surface area contributed by atoms with E-state index in [2.05, 4.69) is 5.32 Å². The minimum atomic E-state index is 0.407. The number of hydrogen-bond donors (Lipinski definition) is 2. The highest BCUT2D eigenvalue weighted by Gasteiger charge is 2.22. The molecule has 0 spiro atoms. The Morgan fingerprint density at radius 3 is 2.79 bits per heavy atom. The van der Waals surface area contributed by atoms with Crippen molar-refractivity contribution in [2.24, 2.45) is 5.73 Å². The monoisotopic (exact) mass is 226 g/mol. The number of thiocarbonyl (C=S) groups is 1. The Morgan fingerprint density at radius 1 is 1.50 bits per heavy atom. The predicted octanol–water partition coefficient (Wildman–Crippen LogP) is 2.55. The van der Waals surface area contributed by atoms with Gasteiger partial charge in [0, 0.05) is 22.3 Å². The lowest BCUT2D eigenvalue weighted by atomic mass is 10.2. The van der Waals surface area contributed by atoms with E-state index in [0.717, 1.165) is 11.3 Å².